The van der Waals surface area contributed by atoms with Crippen LogP contribution < -0.4 is 10.2 Å². The number of rotatable bonds is 3. The first kappa shape index (κ1) is 18.7. The lowest BCUT2D eigenvalue weighted by molar-refractivity contribution is -0.129. The highest BCUT2D eigenvalue weighted by Gasteiger charge is 2.32. The second-order valence-corrected chi connectivity index (χ2v) is 7.58. The number of nitriles is 1. The number of pyridine rings is 1. The molecule has 0 bridgehead atoms. The highest BCUT2D eigenvalue weighted by Crippen LogP contribution is 2.30. The minimum atomic E-state index is -0.136. The summed E-state index contributed by atoms with van der Waals surface area (Å²) in [4.78, 5) is 20.9. The maximum Gasteiger partial charge on any atom is 0.237 e. The Balaban J connectivity index is 1.58. The Morgan fingerprint density at radius 3 is 3.00 bits per heavy atom. The largest absolute Gasteiger partial charge is 0.370 e. The lowest BCUT2D eigenvalue weighted by Crippen LogP contribution is -2.58. The second kappa shape index (κ2) is 7.74. The molecule has 1 amide bonds. The van der Waals surface area contributed by atoms with Crippen molar-refractivity contribution in [3.63, 3.8) is 0 Å². The molecule has 28 heavy (non-hydrogen) atoms. The van der Waals surface area contributed by atoms with Gasteiger partial charge in [0.1, 0.15) is 6.07 Å². The fraction of sp³-hybridized carbons (Fsp3) is 0.476. The lowest BCUT2D eigenvalue weighted by Gasteiger charge is -2.42. The predicted octanol–water partition coefficient (Wildman–Crippen LogP) is 1.52. The van der Waals surface area contributed by atoms with Crippen LogP contribution in [-0.2, 0) is 9.53 Å². The molecule has 1 aromatic heterocycles. The number of aromatic nitrogens is 1. The number of piperazine rings is 1. The number of anilines is 1. The molecule has 2 aliphatic rings. The molecule has 1 N–H and O–H groups in total. The van der Waals surface area contributed by atoms with E-state index >= 15 is 0 Å². The average molecular weight is 379 g/mol. The van der Waals surface area contributed by atoms with Crippen molar-refractivity contribution in [3.05, 3.63) is 36.0 Å². The fourth-order valence-corrected chi connectivity index (χ4v) is 4.21. The van der Waals surface area contributed by atoms with Gasteiger partial charge in [-0.1, -0.05) is 0 Å². The van der Waals surface area contributed by atoms with Crippen molar-refractivity contribution in [2.45, 2.75) is 32.1 Å². The first-order valence-electron chi connectivity index (χ1n) is 9.77. The Labute approximate surface area is 164 Å². The summed E-state index contributed by atoms with van der Waals surface area (Å²) in [5.74, 6) is 0.0797. The fourth-order valence-electron chi connectivity index (χ4n) is 4.21. The summed E-state index contributed by atoms with van der Waals surface area (Å²) in [6, 6.07) is 9.87. The molecule has 2 aromatic rings. The van der Waals surface area contributed by atoms with Crippen LogP contribution in [0.5, 0.6) is 0 Å². The van der Waals surface area contributed by atoms with Gasteiger partial charge in [-0.2, -0.15) is 5.26 Å². The molecule has 3 heterocycles. The molecular weight excluding hydrogens is 354 g/mol. The smallest absolute Gasteiger partial charge is 0.237 e. The van der Waals surface area contributed by atoms with E-state index in [9.17, 15) is 10.1 Å². The molecule has 1 aromatic carbocycles. The number of carbonyl (C=O) groups is 1. The first-order valence-corrected chi connectivity index (χ1v) is 9.77. The highest BCUT2D eigenvalue weighted by atomic mass is 16.5. The summed E-state index contributed by atoms with van der Waals surface area (Å²) in [6.45, 7) is 7.79. The molecule has 0 saturated carbocycles. The number of carbonyl (C=O) groups excluding carboxylic acids is 1. The van der Waals surface area contributed by atoms with Gasteiger partial charge in [0, 0.05) is 50.0 Å². The summed E-state index contributed by atoms with van der Waals surface area (Å²) in [5.41, 5.74) is 2.40. The molecule has 0 aliphatic carbocycles. The first-order chi connectivity index (χ1) is 13.6. The van der Waals surface area contributed by atoms with Crippen LogP contribution >= 0.6 is 0 Å². The Morgan fingerprint density at radius 1 is 1.32 bits per heavy atom. The van der Waals surface area contributed by atoms with E-state index in [1.54, 1.807) is 6.20 Å². The van der Waals surface area contributed by atoms with Crippen molar-refractivity contribution in [3.8, 4) is 6.07 Å². The number of fused-ring (bicyclic) bond motifs is 1. The van der Waals surface area contributed by atoms with Gasteiger partial charge in [0.2, 0.25) is 5.91 Å². The van der Waals surface area contributed by atoms with Crippen molar-refractivity contribution in [1.29, 1.82) is 5.26 Å². The Hall–Kier alpha value is -2.69. The number of morpholine rings is 1. The molecule has 2 fully saturated rings. The van der Waals surface area contributed by atoms with E-state index in [4.69, 9.17) is 4.74 Å². The monoisotopic (exact) mass is 379 g/mol. The molecule has 0 unspecified atom stereocenters. The van der Waals surface area contributed by atoms with Gasteiger partial charge in [0.15, 0.2) is 0 Å². The van der Waals surface area contributed by atoms with E-state index < -0.39 is 0 Å². The minimum Gasteiger partial charge on any atom is -0.370 e. The summed E-state index contributed by atoms with van der Waals surface area (Å²) in [5, 5.41) is 13.3. The molecule has 146 valence electrons. The number of benzene rings is 1. The Kier molecular flexibility index (Phi) is 5.16. The molecule has 0 spiro atoms. The van der Waals surface area contributed by atoms with E-state index in [0.717, 1.165) is 42.8 Å². The highest BCUT2D eigenvalue weighted by molar-refractivity contribution is 5.95. The summed E-state index contributed by atoms with van der Waals surface area (Å²) >= 11 is 0. The number of amides is 1. The van der Waals surface area contributed by atoms with Crippen molar-refractivity contribution in [1.82, 2.24) is 15.2 Å². The van der Waals surface area contributed by atoms with Crippen LogP contribution in [0.3, 0.4) is 0 Å². The standard InChI is InChI=1S/C21H25N5O2/c1-14-11-26(13-17(28-14)12-25-9-8-24-21(27)15(25)2)19-6-5-16(10-22)20-18(19)4-3-7-23-20/h3-7,14-15,17H,8-9,11-13H2,1-2H3,(H,24,27)/t14-,15-,17-/m1/s1. The normalized spacial score (nSPS) is 26.1. The van der Waals surface area contributed by atoms with Crippen LogP contribution in [0.1, 0.15) is 19.4 Å². The van der Waals surface area contributed by atoms with Gasteiger partial charge in [-0.25, -0.2) is 0 Å². The summed E-state index contributed by atoms with van der Waals surface area (Å²) < 4.78 is 6.20. The van der Waals surface area contributed by atoms with Crippen LogP contribution in [0.4, 0.5) is 5.69 Å². The zero-order valence-electron chi connectivity index (χ0n) is 16.3. The predicted molar refractivity (Wildman–Crippen MR) is 107 cm³/mol. The van der Waals surface area contributed by atoms with E-state index in [1.807, 2.05) is 31.2 Å². The zero-order valence-corrected chi connectivity index (χ0v) is 16.3. The van der Waals surface area contributed by atoms with Gasteiger partial charge in [-0.05, 0) is 38.1 Å². The third-order valence-electron chi connectivity index (χ3n) is 5.60. The van der Waals surface area contributed by atoms with Crippen LogP contribution in [0, 0.1) is 11.3 Å². The van der Waals surface area contributed by atoms with Crippen molar-refractivity contribution in [2.75, 3.05) is 37.6 Å². The third-order valence-corrected chi connectivity index (χ3v) is 5.60. The lowest BCUT2D eigenvalue weighted by atomic mass is 10.1. The van der Waals surface area contributed by atoms with E-state index in [-0.39, 0.29) is 24.2 Å². The summed E-state index contributed by atoms with van der Waals surface area (Å²) in [6.07, 6.45) is 1.81. The molecule has 3 atom stereocenters. The van der Waals surface area contributed by atoms with Crippen LogP contribution in [0.2, 0.25) is 0 Å². The molecular formula is C21H25N5O2. The number of nitrogens with one attached hydrogen (secondary N) is 1. The quantitative estimate of drug-likeness (QED) is 0.871. The average Bonchev–Trinajstić information content (AvgIpc) is 2.70. The van der Waals surface area contributed by atoms with Crippen LogP contribution in [0.25, 0.3) is 10.9 Å². The van der Waals surface area contributed by atoms with Gasteiger partial charge in [0.05, 0.1) is 29.3 Å². The van der Waals surface area contributed by atoms with Gasteiger partial charge < -0.3 is 15.0 Å². The second-order valence-electron chi connectivity index (χ2n) is 7.58. The van der Waals surface area contributed by atoms with Crippen molar-refractivity contribution < 1.29 is 9.53 Å². The topological polar surface area (TPSA) is 81.5 Å². The van der Waals surface area contributed by atoms with Crippen LogP contribution in [0.15, 0.2) is 30.5 Å². The minimum absolute atomic E-state index is 0.0134. The molecule has 7 nitrogen and oxygen atoms in total. The number of nitrogens with zero attached hydrogens (tertiary/aromatic N) is 4. The van der Waals surface area contributed by atoms with Gasteiger partial charge in [-0.15, -0.1) is 0 Å². The van der Waals surface area contributed by atoms with E-state index in [0.29, 0.717) is 12.1 Å². The molecule has 2 aliphatic heterocycles. The Bertz CT molecular complexity index is 925. The number of ether oxygens (including phenoxy) is 1. The molecule has 0 radical (unpaired) electrons. The number of hydrogen-bond donors (Lipinski definition) is 1. The van der Waals surface area contributed by atoms with Gasteiger partial charge in [-0.3, -0.25) is 14.7 Å². The molecule has 4 rings (SSSR count). The molecule has 2 saturated heterocycles. The zero-order chi connectivity index (χ0) is 19.7. The van der Waals surface area contributed by atoms with Gasteiger partial charge >= 0.3 is 0 Å². The van der Waals surface area contributed by atoms with Crippen molar-refractivity contribution >= 4 is 22.5 Å². The van der Waals surface area contributed by atoms with E-state index in [2.05, 4.69) is 33.1 Å². The summed E-state index contributed by atoms with van der Waals surface area (Å²) in [7, 11) is 0. The number of hydrogen-bond acceptors (Lipinski definition) is 6. The Morgan fingerprint density at radius 2 is 2.18 bits per heavy atom. The van der Waals surface area contributed by atoms with Crippen LogP contribution in [-0.4, -0.2) is 66.8 Å². The SMILES string of the molecule is C[C@@H]1CN(c2ccc(C#N)c3ncccc23)C[C@@H](CN2CCNC(=O)[C@H]2C)O1. The van der Waals surface area contributed by atoms with E-state index in [1.165, 1.54) is 0 Å². The molecule has 7 heteroatoms. The third kappa shape index (κ3) is 3.53. The maximum atomic E-state index is 12.0. The van der Waals surface area contributed by atoms with Gasteiger partial charge in [0.25, 0.3) is 0 Å². The maximum absolute atomic E-state index is 12.0. The van der Waals surface area contributed by atoms with Crippen molar-refractivity contribution in [2.24, 2.45) is 0 Å².